The number of nitrogens with zero attached hydrogens (tertiary/aromatic N) is 2. The smallest absolute Gasteiger partial charge is 0.258 e. The second kappa shape index (κ2) is 5.13. The Kier molecular flexibility index (Phi) is 3.08. The van der Waals surface area contributed by atoms with E-state index in [-0.39, 0.29) is 5.91 Å². The average molecular weight is 302 g/mol. The number of anilines is 1. The summed E-state index contributed by atoms with van der Waals surface area (Å²) in [7, 11) is 1.83. The predicted molar refractivity (Wildman–Crippen MR) is 95.3 cm³/mol. The lowest BCUT2D eigenvalue weighted by molar-refractivity contribution is -0.112. The molecule has 0 saturated carbocycles. The maximum atomic E-state index is 12.6. The second-order valence-electron chi connectivity index (χ2n) is 5.83. The first-order chi connectivity index (χ1) is 11.2. The lowest BCUT2D eigenvalue weighted by Crippen LogP contribution is -2.20. The highest BCUT2D eigenvalue weighted by Gasteiger charge is 2.29. The van der Waals surface area contributed by atoms with Crippen LogP contribution in [0.1, 0.15) is 18.1 Å². The fourth-order valence-electron chi connectivity index (χ4n) is 3.35. The van der Waals surface area contributed by atoms with Crippen LogP contribution in [0.25, 0.3) is 22.6 Å². The number of carbonyl (C=O) groups excluding carboxylic acids is 1. The first-order valence-corrected chi connectivity index (χ1v) is 7.87. The van der Waals surface area contributed by atoms with E-state index in [1.165, 1.54) is 10.9 Å². The summed E-state index contributed by atoms with van der Waals surface area (Å²) in [6.45, 7) is 3.04. The zero-order chi connectivity index (χ0) is 16.0. The van der Waals surface area contributed by atoms with Crippen LogP contribution in [0.15, 0.2) is 54.7 Å². The van der Waals surface area contributed by atoms with Crippen molar-refractivity contribution in [1.82, 2.24) is 4.57 Å². The molecule has 0 spiro atoms. The van der Waals surface area contributed by atoms with Gasteiger partial charge in [-0.1, -0.05) is 36.4 Å². The van der Waals surface area contributed by atoms with Crippen molar-refractivity contribution in [3.63, 3.8) is 0 Å². The Morgan fingerprint density at radius 2 is 1.78 bits per heavy atom. The molecule has 1 amide bonds. The summed E-state index contributed by atoms with van der Waals surface area (Å²) in [5, 5.41) is 1.18. The Labute approximate surface area is 135 Å². The van der Waals surface area contributed by atoms with Crippen LogP contribution in [-0.4, -0.2) is 17.5 Å². The number of rotatable bonds is 2. The van der Waals surface area contributed by atoms with Crippen molar-refractivity contribution in [2.45, 2.75) is 13.5 Å². The first-order valence-electron chi connectivity index (χ1n) is 7.87. The van der Waals surface area contributed by atoms with Crippen molar-refractivity contribution in [1.29, 1.82) is 0 Å². The minimum absolute atomic E-state index is 0.0551. The summed E-state index contributed by atoms with van der Waals surface area (Å²) in [4.78, 5) is 14.4. The molecule has 0 atom stereocenters. The van der Waals surface area contributed by atoms with Crippen LogP contribution in [0.4, 0.5) is 5.69 Å². The molecule has 0 radical (unpaired) electrons. The minimum atomic E-state index is 0.0551. The van der Waals surface area contributed by atoms with Gasteiger partial charge in [0, 0.05) is 47.4 Å². The monoisotopic (exact) mass is 302 g/mol. The molecule has 0 bridgehead atoms. The van der Waals surface area contributed by atoms with Crippen molar-refractivity contribution in [3.8, 4) is 0 Å². The van der Waals surface area contributed by atoms with Gasteiger partial charge in [-0.05, 0) is 25.1 Å². The number of benzene rings is 2. The lowest BCUT2D eigenvalue weighted by Gasteiger charge is -2.07. The Hall–Kier alpha value is -2.81. The van der Waals surface area contributed by atoms with Gasteiger partial charge in [-0.2, -0.15) is 0 Å². The zero-order valence-corrected chi connectivity index (χ0v) is 13.3. The van der Waals surface area contributed by atoms with Crippen molar-refractivity contribution in [2.75, 3.05) is 11.9 Å². The van der Waals surface area contributed by atoms with Crippen molar-refractivity contribution in [2.24, 2.45) is 0 Å². The summed E-state index contributed by atoms with van der Waals surface area (Å²) in [6, 6.07) is 16.3. The molecule has 0 aliphatic carbocycles. The minimum Gasteiger partial charge on any atom is -0.347 e. The van der Waals surface area contributed by atoms with Gasteiger partial charge >= 0.3 is 0 Å². The van der Waals surface area contributed by atoms with Crippen molar-refractivity contribution >= 4 is 34.1 Å². The molecule has 3 heteroatoms. The highest BCUT2D eigenvalue weighted by atomic mass is 16.2. The molecule has 2 aromatic carbocycles. The number of hydrogen-bond acceptors (Lipinski definition) is 1. The van der Waals surface area contributed by atoms with E-state index in [0.29, 0.717) is 0 Å². The van der Waals surface area contributed by atoms with E-state index >= 15 is 0 Å². The lowest BCUT2D eigenvalue weighted by atomic mass is 10.0. The molecule has 3 nitrogen and oxygen atoms in total. The van der Waals surface area contributed by atoms with Crippen molar-refractivity contribution in [3.05, 3.63) is 65.9 Å². The maximum Gasteiger partial charge on any atom is 0.258 e. The number of amides is 1. The first kappa shape index (κ1) is 13.8. The Bertz CT molecular complexity index is 949. The molecule has 0 fully saturated rings. The number of aromatic nitrogens is 1. The van der Waals surface area contributed by atoms with E-state index in [4.69, 9.17) is 0 Å². The molecular formula is C20H18N2O. The van der Waals surface area contributed by atoms with Crippen LogP contribution < -0.4 is 4.90 Å². The summed E-state index contributed by atoms with van der Waals surface area (Å²) >= 11 is 0. The molecule has 2 heterocycles. The normalized spacial score (nSPS) is 15.7. The van der Waals surface area contributed by atoms with Gasteiger partial charge in [-0.3, -0.25) is 4.79 Å². The Morgan fingerprint density at radius 1 is 1.04 bits per heavy atom. The Balaban J connectivity index is 1.94. The number of aryl methyl sites for hydroxylation is 1. The highest BCUT2D eigenvalue weighted by Crippen LogP contribution is 2.37. The molecule has 23 heavy (non-hydrogen) atoms. The molecule has 0 saturated heterocycles. The standard InChI is InChI=1S/C20H18N2O/c1-3-22-13-14(15-8-4-7-11-19(15)22)12-17-16-9-5-6-10-18(16)21(2)20(17)23/h4-13H,3H2,1-2H3/b17-12-. The van der Waals surface area contributed by atoms with E-state index < -0.39 is 0 Å². The highest BCUT2D eigenvalue weighted by molar-refractivity contribution is 6.36. The summed E-state index contributed by atoms with van der Waals surface area (Å²) < 4.78 is 2.22. The molecule has 114 valence electrons. The number of fused-ring (bicyclic) bond motifs is 2. The summed E-state index contributed by atoms with van der Waals surface area (Å²) in [5.41, 5.74) is 5.04. The second-order valence-corrected chi connectivity index (χ2v) is 5.83. The van der Waals surface area contributed by atoms with E-state index in [1.807, 2.05) is 43.5 Å². The number of carbonyl (C=O) groups is 1. The molecule has 1 aromatic heterocycles. The maximum absolute atomic E-state index is 12.6. The Morgan fingerprint density at radius 3 is 2.61 bits per heavy atom. The predicted octanol–water partition coefficient (Wildman–Crippen LogP) is 4.18. The van der Waals surface area contributed by atoms with Crippen LogP contribution in [0, 0.1) is 0 Å². The fourth-order valence-corrected chi connectivity index (χ4v) is 3.35. The van der Waals surface area contributed by atoms with Gasteiger partial charge < -0.3 is 9.47 Å². The van der Waals surface area contributed by atoms with Gasteiger partial charge in [-0.15, -0.1) is 0 Å². The van der Waals surface area contributed by atoms with Gasteiger partial charge in [0.25, 0.3) is 5.91 Å². The zero-order valence-electron chi connectivity index (χ0n) is 13.3. The molecule has 0 N–H and O–H groups in total. The van der Waals surface area contributed by atoms with Gasteiger partial charge in [0.15, 0.2) is 0 Å². The van der Waals surface area contributed by atoms with Gasteiger partial charge in [0.05, 0.1) is 5.69 Å². The molecule has 4 rings (SSSR count). The van der Waals surface area contributed by atoms with Crippen LogP contribution in [0.2, 0.25) is 0 Å². The van der Waals surface area contributed by atoms with Crippen LogP contribution in [0.5, 0.6) is 0 Å². The van der Waals surface area contributed by atoms with E-state index in [1.54, 1.807) is 4.90 Å². The average Bonchev–Trinajstić information content (AvgIpc) is 3.07. The number of para-hydroxylation sites is 2. The summed E-state index contributed by atoms with van der Waals surface area (Å²) in [5.74, 6) is 0.0551. The fraction of sp³-hybridized carbons (Fsp3) is 0.150. The molecular weight excluding hydrogens is 284 g/mol. The molecule has 1 aliphatic rings. The van der Waals surface area contributed by atoms with Gasteiger partial charge in [0.1, 0.15) is 0 Å². The molecule has 0 unspecified atom stereocenters. The number of likely N-dealkylation sites (N-methyl/N-ethyl adjacent to an activating group) is 1. The van der Waals surface area contributed by atoms with Gasteiger partial charge in [-0.25, -0.2) is 0 Å². The van der Waals surface area contributed by atoms with E-state index in [0.717, 1.165) is 28.9 Å². The van der Waals surface area contributed by atoms with Crippen molar-refractivity contribution < 1.29 is 4.79 Å². The third-order valence-electron chi connectivity index (χ3n) is 4.55. The van der Waals surface area contributed by atoms with Crippen LogP contribution in [-0.2, 0) is 11.3 Å². The van der Waals surface area contributed by atoms with E-state index in [2.05, 4.69) is 35.9 Å². The van der Waals surface area contributed by atoms with Crippen LogP contribution >= 0.6 is 0 Å². The molecule has 3 aromatic rings. The number of hydrogen-bond donors (Lipinski definition) is 0. The molecule has 1 aliphatic heterocycles. The van der Waals surface area contributed by atoms with E-state index in [9.17, 15) is 4.79 Å². The van der Waals surface area contributed by atoms with Crippen LogP contribution in [0.3, 0.4) is 0 Å². The largest absolute Gasteiger partial charge is 0.347 e. The quantitative estimate of drug-likeness (QED) is 0.652. The van der Waals surface area contributed by atoms with Gasteiger partial charge in [0.2, 0.25) is 0 Å². The third kappa shape index (κ3) is 2.00. The summed E-state index contributed by atoms with van der Waals surface area (Å²) in [6.07, 6.45) is 4.16. The third-order valence-corrected chi connectivity index (χ3v) is 4.55. The SMILES string of the molecule is CCn1cc(/C=C2\C(=O)N(C)c3ccccc32)c2ccccc21. The topological polar surface area (TPSA) is 25.2 Å².